The van der Waals surface area contributed by atoms with Gasteiger partial charge in [-0.2, -0.15) is 0 Å². The molecule has 1 atom stereocenters. The summed E-state index contributed by atoms with van der Waals surface area (Å²) in [7, 11) is 0. The van der Waals surface area contributed by atoms with Gasteiger partial charge in [-0.3, -0.25) is 9.59 Å². The number of carbonyl (C=O) groups is 2. The zero-order chi connectivity index (χ0) is 15.5. The Morgan fingerprint density at radius 1 is 1.25 bits per heavy atom. The van der Waals surface area contributed by atoms with Crippen molar-refractivity contribution in [2.24, 2.45) is 0 Å². The van der Waals surface area contributed by atoms with Crippen molar-refractivity contribution >= 4 is 11.9 Å². The van der Waals surface area contributed by atoms with E-state index in [1.165, 1.54) is 6.92 Å². The Morgan fingerprint density at radius 3 is 2.20 bits per heavy atom. The van der Waals surface area contributed by atoms with Crippen molar-refractivity contribution < 1.29 is 19.4 Å². The van der Waals surface area contributed by atoms with Gasteiger partial charge in [0.05, 0.1) is 0 Å². The molecule has 0 spiro atoms. The van der Waals surface area contributed by atoms with E-state index in [2.05, 4.69) is 5.32 Å². The van der Waals surface area contributed by atoms with Crippen molar-refractivity contribution in [3.05, 3.63) is 29.3 Å². The Morgan fingerprint density at radius 2 is 1.75 bits per heavy atom. The number of ether oxygens (including phenoxy) is 1. The van der Waals surface area contributed by atoms with E-state index >= 15 is 0 Å². The molecule has 0 bridgehead atoms. The molecule has 2 N–H and O–H groups in total. The maximum absolute atomic E-state index is 12.1. The molecule has 0 aliphatic carbocycles. The topological polar surface area (TPSA) is 75.6 Å². The van der Waals surface area contributed by atoms with Crippen LogP contribution in [0.3, 0.4) is 0 Å². The van der Waals surface area contributed by atoms with Crippen LogP contribution in [0.25, 0.3) is 0 Å². The second kappa shape index (κ2) is 5.94. The molecule has 0 saturated carbocycles. The van der Waals surface area contributed by atoms with E-state index in [4.69, 9.17) is 9.84 Å². The van der Waals surface area contributed by atoms with Gasteiger partial charge in [-0.25, -0.2) is 0 Å². The van der Waals surface area contributed by atoms with Crippen LogP contribution >= 0.6 is 0 Å². The highest BCUT2D eigenvalue weighted by atomic mass is 16.5. The van der Waals surface area contributed by atoms with Gasteiger partial charge in [-0.05, 0) is 45.7 Å². The van der Waals surface area contributed by atoms with Crippen LogP contribution < -0.4 is 10.1 Å². The lowest BCUT2D eigenvalue weighted by atomic mass is 10.1. The fraction of sp³-hybridized carbons (Fsp3) is 0.467. The van der Waals surface area contributed by atoms with Crippen molar-refractivity contribution in [3.8, 4) is 5.75 Å². The van der Waals surface area contributed by atoms with E-state index in [0.717, 1.165) is 11.1 Å². The van der Waals surface area contributed by atoms with Gasteiger partial charge in [-0.15, -0.1) is 0 Å². The quantitative estimate of drug-likeness (QED) is 0.865. The highest BCUT2D eigenvalue weighted by Crippen LogP contribution is 2.26. The fourth-order valence-corrected chi connectivity index (χ4v) is 1.69. The third-order valence-electron chi connectivity index (χ3n) is 3.03. The van der Waals surface area contributed by atoms with E-state index < -0.39 is 23.5 Å². The van der Waals surface area contributed by atoms with Gasteiger partial charge < -0.3 is 15.2 Å². The summed E-state index contributed by atoms with van der Waals surface area (Å²) < 4.78 is 5.80. The second-order valence-electron chi connectivity index (χ2n) is 5.37. The summed E-state index contributed by atoms with van der Waals surface area (Å²) in [4.78, 5) is 22.9. The summed E-state index contributed by atoms with van der Waals surface area (Å²) in [6, 6.07) is 4.76. The van der Waals surface area contributed by atoms with Gasteiger partial charge in [0.15, 0.2) is 5.60 Å². The lowest BCUT2D eigenvalue weighted by molar-refractivity contribution is -0.144. The number of hydrogen-bond donors (Lipinski definition) is 2. The van der Waals surface area contributed by atoms with Crippen LogP contribution in [0.2, 0.25) is 0 Å². The molecule has 1 rings (SSSR count). The van der Waals surface area contributed by atoms with Crippen LogP contribution in [0.15, 0.2) is 18.2 Å². The number of aryl methyl sites for hydroxylation is 2. The molecule has 110 valence electrons. The number of amides is 1. The first-order chi connectivity index (χ1) is 9.15. The summed E-state index contributed by atoms with van der Waals surface area (Å²) in [5.41, 5.74) is 0.704. The summed E-state index contributed by atoms with van der Waals surface area (Å²) in [6.07, 6.45) is 0. The maximum Gasteiger partial charge on any atom is 0.325 e. The average molecular weight is 279 g/mol. The predicted molar refractivity (Wildman–Crippen MR) is 75.9 cm³/mol. The molecule has 1 amide bonds. The Bertz CT molecular complexity index is 502. The Hall–Kier alpha value is -2.04. The predicted octanol–water partition coefficient (Wildman–Crippen LogP) is 2.05. The molecule has 0 aliphatic heterocycles. The summed E-state index contributed by atoms with van der Waals surface area (Å²) in [6.45, 7) is 8.44. The third-order valence-corrected chi connectivity index (χ3v) is 3.03. The number of carboxylic acid groups (broad SMARTS) is 1. The summed E-state index contributed by atoms with van der Waals surface area (Å²) in [5, 5.41) is 11.2. The largest absolute Gasteiger partial charge is 0.480 e. The van der Waals surface area contributed by atoms with Crippen molar-refractivity contribution in [1.82, 2.24) is 5.32 Å². The molecule has 1 unspecified atom stereocenters. The smallest absolute Gasteiger partial charge is 0.325 e. The highest BCUT2D eigenvalue weighted by Gasteiger charge is 2.32. The normalized spacial score (nSPS) is 12.7. The van der Waals surface area contributed by atoms with Crippen LogP contribution in [0.4, 0.5) is 0 Å². The minimum atomic E-state index is -1.15. The molecular formula is C15H21NO4. The molecule has 0 aliphatic rings. The van der Waals surface area contributed by atoms with Crippen LogP contribution in [0, 0.1) is 13.8 Å². The van der Waals surface area contributed by atoms with Crippen LogP contribution in [0.1, 0.15) is 31.9 Å². The molecular weight excluding hydrogens is 258 g/mol. The standard InChI is InChI=1S/C15H21NO4/c1-9-7-6-8-10(2)12(9)20-15(4,5)14(19)16-11(3)13(17)18/h6-8,11H,1-5H3,(H,16,19)(H,17,18). The highest BCUT2D eigenvalue weighted by molar-refractivity contribution is 5.88. The lowest BCUT2D eigenvalue weighted by Crippen LogP contribution is -2.51. The lowest BCUT2D eigenvalue weighted by Gasteiger charge is -2.28. The molecule has 0 aromatic heterocycles. The number of benzene rings is 1. The van der Waals surface area contributed by atoms with E-state index in [1.807, 2.05) is 32.0 Å². The SMILES string of the molecule is Cc1cccc(C)c1OC(C)(C)C(=O)NC(C)C(=O)O. The van der Waals surface area contributed by atoms with Crippen molar-refractivity contribution in [1.29, 1.82) is 0 Å². The summed E-state index contributed by atoms with van der Waals surface area (Å²) in [5.74, 6) is -0.896. The van der Waals surface area contributed by atoms with Gasteiger partial charge in [0.25, 0.3) is 5.91 Å². The first kappa shape index (κ1) is 16.0. The number of rotatable bonds is 5. The van der Waals surface area contributed by atoms with Crippen LogP contribution in [-0.2, 0) is 9.59 Å². The minimum absolute atomic E-state index is 0.463. The molecule has 0 radical (unpaired) electrons. The zero-order valence-electron chi connectivity index (χ0n) is 12.5. The molecule has 1 aromatic rings. The Kier molecular flexibility index (Phi) is 4.76. The van der Waals surface area contributed by atoms with Gasteiger partial charge in [-0.1, -0.05) is 18.2 Å². The number of para-hydroxylation sites is 1. The fourth-order valence-electron chi connectivity index (χ4n) is 1.69. The monoisotopic (exact) mass is 279 g/mol. The summed E-state index contributed by atoms with van der Waals surface area (Å²) >= 11 is 0. The maximum atomic E-state index is 12.1. The third kappa shape index (κ3) is 3.73. The number of aliphatic carboxylic acids is 1. The van der Waals surface area contributed by atoms with E-state index in [1.54, 1.807) is 13.8 Å². The van der Waals surface area contributed by atoms with Gasteiger partial charge >= 0.3 is 5.97 Å². The van der Waals surface area contributed by atoms with Crippen LogP contribution in [-0.4, -0.2) is 28.6 Å². The number of hydrogen-bond acceptors (Lipinski definition) is 3. The van der Waals surface area contributed by atoms with E-state index in [-0.39, 0.29) is 0 Å². The van der Waals surface area contributed by atoms with Gasteiger partial charge in [0.1, 0.15) is 11.8 Å². The molecule has 20 heavy (non-hydrogen) atoms. The molecule has 0 heterocycles. The van der Waals surface area contributed by atoms with Crippen molar-refractivity contribution in [2.75, 3.05) is 0 Å². The molecule has 5 nitrogen and oxygen atoms in total. The zero-order valence-corrected chi connectivity index (χ0v) is 12.5. The van der Waals surface area contributed by atoms with Crippen LogP contribution in [0.5, 0.6) is 5.75 Å². The van der Waals surface area contributed by atoms with Gasteiger partial charge in [0, 0.05) is 0 Å². The number of nitrogens with one attached hydrogen (secondary N) is 1. The Labute approximate surface area is 118 Å². The molecule has 5 heteroatoms. The van der Waals surface area contributed by atoms with Crippen molar-refractivity contribution in [3.63, 3.8) is 0 Å². The first-order valence-corrected chi connectivity index (χ1v) is 6.44. The minimum Gasteiger partial charge on any atom is -0.480 e. The van der Waals surface area contributed by atoms with Crippen molar-refractivity contribution in [2.45, 2.75) is 46.3 Å². The number of carboxylic acids is 1. The molecule has 1 aromatic carbocycles. The van der Waals surface area contributed by atoms with E-state index in [9.17, 15) is 9.59 Å². The van der Waals surface area contributed by atoms with E-state index in [0.29, 0.717) is 5.75 Å². The number of carbonyl (C=O) groups excluding carboxylic acids is 1. The average Bonchev–Trinajstić information content (AvgIpc) is 2.33. The van der Waals surface area contributed by atoms with Gasteiger partial charge in [0.2, 0.25) is 0 Å². The molecule has 0 saturated heterocycles. The second-order valence-corrected chi connectivity index (χ2v) is 5.37. The molecule has 0 fully saturated rings. The Balaban J connectivity index is 2.89. The first-order valence-electron chi connectivity index (χ1n) is 6.44.